The van der Waals surface area contributed by atoms with Gasteiger partial charge in [0.25, 0.3) is 5.91 Å². The quantitative estimate of drug-likeness (QED) is 0.378. The van der Waals surface area contributed by atoms with Crippen molar-refractivity contribution in [2.45, 2.75) is 31.0 Å². The van der Waals surface area contributed by atoms with Gasteiger partial charge in [-0.1, -0.05) is 12.9 Å². The fourth-order valence-corrected chi connectivity index (χ4v) is 7.83. The second-order valence-corrected chi connectivity index (χ2v) is 12.5. The number of carbonyl (C=O) groups excluding carboxylic acids is 1. The maximum absolute atomic E-state index is 12.1. The Morgan fingerprint density at radius 2 is 2.00 bits per heavy atom. The second kappa shape index (κ2) is 7.37. The standard InChI is InChI=1S/C14H24N2O7P2/c1-9-15-11(17)4-6-16(9)14-13(19)12(18)10(23-14)5-7-25(21,22)8-24(2,3)20/h4,6,10,12-14,18-20H,1-2,5,7-8H2,3H3,(H,15,17)(H,21,22)/t10-,12?,13+,14-,24?/m1/s1. The minimum atomic E-state index is -3.62. The van der Waals surface area contributed by atoms with Crippen molar-refractivity contribution in [1.82, 2.24) is 10.2 Å². The van der Waals surface area contributed by atoms with Crippen LogP contribution >= 0.6 is 14.5 Å². The van der Waals surface area contributed by atoms with Crippen LogP contribution in [0.15, 0.2) is 24.7 Å². The molecule has 1 fully saturated rings. The average molecular weight is 394 g/mol. The maximum Gasteiger partial charge on any atom is 0.250 e. The van der Waals surface area contributed by atoms with E-state index in [-0.39, 0.29) is 30.2 Å². The molecule has 2 aliphatic heterocycles. The van der Waals surface area contributed by atoms with Gasteiger partial charge >= 0.3 is 0 Å². The summed E-state index contributed by atoms with van der Waals surface area (Å²) in [5.74, 6) is -0.447. The summed E-state index contributed by atoms with van der Waals surface area (Å²) in [5.41, 5.74) is 0. The van der Waals surface area contributed by atoms with E-state index in [1.54, 1.807) is 0 Å². The smallest absolute Gasteiger partial charge is 0.250 e. The van der Waals surface area contributed by atoms with Crippen molar-refractivity contribution in [3.05, 3.63) is 24.7 Å². The minimum Gasteiger partial charge on any atom is -0.388 e. The topological polar surface area (TPSA) is 140 Å². The summed E-state index contributed by atoms with van der Waals surface area (Å²) < 4.78 is 17.8. The molecule has 0 radical (unpaired) electrons. The molecule has 0 saturated carbocycles. The third-order valence-corrected chi connectivity index (χ3v) is 9.03. The number of rotatable bonds is 6. The van der Waals surface area contributed by atoms with Crippen molar-refractivity contribution in [1.29, 1.82) is 0 Å². The van der Waals surface area contributed by atoms with Crippen LogP contribution in [0.3, 0.4) is 0 Å². The Hall–Kier alpha value is -0.920. The van der Waals surface area contributed by atoms with Gasteiger partial charge in [0.1, 0.15) is 18.0 Å². The fourth-order valence-electron chi connectivity index (χ4n) is 2.80. The zero-order chi connectivity index (χ0) is 19.0. The molecule has 5 N–H and O–H groups in total. The van der Waals surface area contributed by atoms with E-state index in [0.717, 1.165) is 0 Å². The van der Waals surface area contributed by atoms with Gasteiger partial charge in [-0.05, 0) is 13.1 Å². The minimum absolute atomic E-state index is 0.0267. The SMILES string of the molecule is C=C1NC(=O)C=CN1[C@@H]1O[C@H](CCP(=O)(O)CP(=C)(C)O)C(O)[C@@H]1O. The van der Waals surface area contributed by atoms with Crippen LogP contribution in [0, 0.1) is 0 Å². The lowest BCUT2D eigenvalue weighted by molar-refractivity contribution is -0.118. The molecule has 0 spiro atoms. The van der Waals surface area contributed by atoms with E-state index in [9.17, 15) is 29.4 Å². The Balaban J connectivity index is 2.01. The molecule has 0 bridgehead atoms. The first kappa shape index (κ1) is 20.4. The first-order valence-electron chi connectivity index (χ1n) is 7.61. The molecular formula is C14H24N2O7P2. The van der Waals surface area contributed by atoms with Crippen molar-refractivity contribution < 1.29 is 34.1 Å². The van der Waals surface area contributed by atoms with Gasteiger partial charge in [0.15, 0.2) is 6.23 Å². The van der Waals surface area contributed by atoms with E-state index in [4.69, 9.17) is 4.74 Å². The van der Waals surface area contributed by atoms with Crippen molar-refractivity contribution in [2.75, 3.05) is 18.7 Å². The van der Waals surface area contributed by atoms with E-state index >= 15 is 0 Å². The number of ether oxygens (including phenoxy) is 1. The molecular weight excluding hydrogens is 370 g/mol. The van der Waals surface area contributed by atoms with E-state index in [0.29, 0.717) is 0 Å². The lowest BCUT2D eigenvalue weighted by Crippen LogP contribution is -2.46. The lowest BCUT2D eigenvalue weighted by Gasteiger charge is -2.32. The van der Waals surface area contributed by atoms with Crippen LogP contribution in [0.5, 0.6) is 0 Å². The number of nitrogens with one attached hydrogen (secondary N) is 1. The Morgan fingerprint density at radius 3 is 2.56 bits per heavy atom. The Kier molecular flexibility index (Phi) is 6.01. The number of hydrogen-bond donors (Lipinski definition) is 5. The lowest BCUT2D eigenvalue weighted by atomic mass is 10.1. The summed E-state index contributed by atoms with van der Waals surface area (Å²) >= 11 is 0. The molecule has 2 heterocycles. The van der Waals surface area contributed by atoms with E-state index < -0.39 is 39.0 Å². The van der Waals surface area contributed by atoms with Crippen LogP contribution in [0.2, 0.25) is 0 Å². The van der Waals surface area contributed by atoms with Crippen molar-refractivity contribution >= 4 is 26.7 Å². The van der Waals surface area contributed by atoms with Gasteiger partial charge < -0.3 is 35.0 Å². The van der Waals surface area contributed by atoms with Crippen LogP contribution < -0.4 is 5.32 Å². The number of aliphatic hydroxyl groups excluding tert-OH is 2. The zero-order valence-corrected chi connectivity index (χ0v) is 15.6. The van der Waals surface area contributed by atoms with Crippen LogP contribution in [0.25, 0.3) is 0 Å². The Labute approximate surface area is 146 Å². The number of hydrogen-bond acceptors (Lipinski definition) is 7. The molecule has 2 rings (SSSR count). The predicted octanol–water partition coefficient (Wildman–Crippen LogP) is -0.546. The van der Waals surface area contributed by atoms with Gasteiger partial charge in [-0.3, -0.25) is 9.36 Å². The molecule has 3 unspecified atom stereocenters. The Bertz CT molecular complexity index is 674. The molecule has 0 aliphatic carbocycles. The number of aliphatic hydroxyl groups is 2. The zero-order valence-electron chi connectivity index (χ0n) is 13.9. The molecule has 25 heavy (non-hydrogen) atoms. The number of nitrogens with zero attached hydrogens (tertiary/aromatic N) is 1. The van der Waals surface area contributed by atoms with Gasteiger partial charge in [-0.15, -0.1) is 0 Å². The summed E-state index contributed by atoms with van der Waals surface area (Å²) in [6.07, 6.45) is 1.57. The molecule has 0 aromatic heterocycles. The van der Waals surface area contributed by atoms with Crippen LogP contribution in [0.1, 0.15) is 6.42 Å². The molecule has 6 atom stereocenters. The summed E-state index contributed by atoms with van der Waals surface area (Å²) in [6.45, 7) is 5.10. The molecule has 0 aromatic rings. The highest BCUT2D eigenvalue weighted by Gasteiger charge is 2.46. The van der Waals surface area contributed by atoms with Gasteiger partial charge in [0.05, 0.1) is 12.0 Å². The summed E-state index contributed by atoms with van der Waals surface area (Å²) in [7, 11) is -6.28. The summed E-state index contributed by atoms with van der Waals surface area (Å²) in [4.78, 5) is 32.3. The van der Waals surface area contributed by atoms with Gasteiger partial charge in [-0.25, -0.2) is 0 Å². The highest BCUT2D eigenvalue weighted by atomic mass is 31.2. The van der Waals surface area contributed by atoms with Crippen molar-refractivity contribution in [3.63, 3.8) is 0 Å². The number of amides is 1. The van der Waals surface area contributed by atoms with E-state index in [2.05, 4.69) is 18.2 Å². The largest absolute Gasteiger partial charge is 0.388 e. The number of carbonyl (C=O) groups is 1. The molecule has 1 saturated heterocycles. The van der Waals surface area contributed by atoms with Crippen molar-refractivity contribution in [3.8, 4) is 0 Å². The Morgan fingerprint density at radius 1 is 1.36 bits per heavy atom. The van der Waals surface area contributed by atoms with E-state index in [1.807, 2.05) is 0 Å². The second-order valence-electron chi connectivity index (χ2n) is 6.54. The third-order valence-electron chi connectivity index (χ3n) is 3.87. The van der Waals surface area contributed by atoms with E-state index in [1.165, 1.54) is 23.8 Å². The highest BCUT2D eigenvalue weighted by molar-refractivity contribution is 7.80. The van der Waals surface area contributed by atoms with Gasteiger partial charge in [-0.2, -0.15) is 0 Å². The predicted molar refractivity (Wildman–Crippen MR) is 95.3 cm³/mol. The van der Waals surface area contributed by atoms with Crippen LogP contribution in [0.4, 0.5) is 0 Å². The summed E-state index contributed by atoms with van der Waals surface area (Å²) in [6, 6.07) is 0. The molecule has 9 nitrogen and oxygen atoms in total. The normalized spacial score (nSPS) is 34.5. The van der Waals surface area contributed by atoms with Gasteiger partial charge in [0.2, 0.25) is 7.37 Å². The van der Waals surface area contributed by atoms with Crippen molar-refractivity contribution in [2.24, 2.45) is 0 Å². The first-order chi connectivity index (χ1) is 11.4. The monoisotopic (exact) mass is 394 g/mol. The van der Waals surface area contributed by atoms with Crippen LogP contribution in [-0.4, -0.2) is 80.4 Å². The molecule has 2 aliphatic rings. The van der Waals surface area contributed by atoms with Crippen LogP contribution in [-0.2, 0) is 14.1 Å². The molecule has 0 aromatic carbocycles. The third kappa shape index (κ3) is 5.28. The first-order valence-corrected chi connectivity index (χ1v) is 12.2. The summed E-state index contributed by atoms with van der Waals surface area (Å²) in [5, 5.41) is 22.8. The average Bonchev–Trinajstić information content (AvgIpc) is 2.71. The highest BCUT2D eigenvalue weighted by Crippen LogP contribution is 2.55. The molecule has 142 valence electrons. The van der Waals surface area contributed by atoms with Gasteiger partial charge in [0, 0.05) is 25.6 Å². The fraction of sp³-hybridized carbons (Fsp3) is 0.571. The maximum atomic E-state index is 12.1. The molecule has 11 heteroatoms. The molecule has 1 amide bonds.